The minimum atomic E-state index is -0.739. The molecule has 2 aromatic rings. The number of amides is 1. The monoisotopic (exact) mass is 388 g/mol. The van der Waals surface area contributed by atoms with Gasteiger partial charge in [-0.15, -0.1) is 0 Å². The van der Waals surface area contributed by atoms with Gasteiger partial charge in [0, 0.05) is 6.07 Å². The van der Waals surface area contributed by atoms with Gasteiger partial charge in [-0.05, 0) is 43.7 Å². The summed E-state index contributed by atoms with van der Waals surface area (Å²) in [5, 5.41) is 13.5. The Labute approximate surface area is 161 Å². The van der Waals surface area contributed by atoms with Crippen molar-refractivity contribution in [3.8, 4) is 11.5 Å². The zero-order valence-electron chi connectivity index (χ0n) is 15.7. The van der Waals surface area contributed by atoms with E-state index in [0.29, 0.717) is 23.7 Å². The molecule has 0 aliphatic carbocycles. The molecule has 9 heteroatoms. The third-order valence-electron chi connectivity index (χ3n) is 3.66. The number of nitro benzene ring substituents is 1. The number of nitrogens with zero attached hydrogens (tertiary/aromatic N) is 1. The summed E-state index contributed by atoms with van der Waals surface area (Å²) in [6.07, 6.45) is 0. The Bertz CT molecular complexity index is 896. The quantitative estimate of drug-likeness (QED) is 0.419. The second kappa shape index (κ2) is 9.36. The van der Waals surface area contributed by atoms with Gasteiger partial charge in [-0.3, -0.25) is 14.9 Å². The highest BCUT2D eigenvalue weighted by Crippen LogP contribution is 2.28. The molecule has 0 saturated carbocycles. The van der Waals surface area contributed by atoms with Crippen LogP contribution in [0.3, 0.4) is 0 Å². The normalized spacial score (nSPS) is 10.1. The minimum Gasteiger partial charge on any atom is -0.493 e. The van der Waals surface area contributed by atoms with Gasteiger partial charge < -0.3 is 19.5 Å². The number of carbonyl (C=O) groups is 2. The summed E-state index contributed by atoms with van der Waals surface area (Å²) in [4.78, 5) is 34.7. The van der Waals surface area contributed by atoms with Gasteiger partial charge in [0.05, 0.1) is 24.2 Å². The first-order chi connectivity index (χ1) is 13.3. The van der Waals surface area contributed by atoms with Crippen molar-refractivity contribution in [2.75, 3.05) is 25.6 Å². The molecule has 2 aromatic carbocycles. The van der Waals surface area contributed by atoms with E-state index in [4.69, 9.17) is 14.2 Å². The Kier molecular flexibility index (Phi) is 6.91. The van der Waals surface area contributed by atoms with Gasteiger partial charge in [0.1, 0.15) is 5.69 Å². The van der Waals surface area contributed by atoms with Crippen LogP contribution in [0.25, 0.3) is 0 Å². The molecule has 9 nitrogen and oxygen atoms in total. The molecule has 1 amide bonds. The number of methoxy groups -OCH3 is 1. The highest BCUT2D eigenvalue weighted by atomic mass is 16.6. The maximum atomic E-state index is 12.2. The first kappa shape index (κ1) is 20.7. The highest BCUT2D eigenvalue weighted by Gasteiger charge is 2.18. The molecule has 28 heavy (non-hydrogen) atoms. The number of benzene rings is 2. The van der Waals surface area contributed by atoms with Gasteiger partial charge in [0.25, 0.3) is 11.6 Å². The van der Waals surface area contributed by atoms with Gasteiger partial charge in [-0.2, -0.15) is 0 Å². The van der Waals surface area contributed by atoms with Crippen molar-refractivity contribution in [2.24, 2.45) is 0 Å². The molecule has 148 valence electrons. The Morgan fingerprint density at radius 1 is 1.14 bits per heavy atom. The highest BCUT2D eigenvalue weighted by molar-refractivity contribution is 5.97. The van der Waals surface area contributed by atoms with Crippen LogP contribution in [0.5, 0.6) is 11.5 Å². The summed E-state index contributed by atoms with van der Waals surface area (Å²) < 4.78 is 15.5. The fourth-order valence-corrected chi connectivity index (χ4v) is 2.37. The lowest BCUT2D eigenvalue weighted by Crippen LogP contribution is -2.21. The molecule has 0 aromatic heterocycles. The summed E-state index contributed by atoms with van der Waals surface area (Å²) >= 11 is 0. The van der Waals surface area contributed by atoms with E-state index in [-0.39, 0.29) is 16.9 Å². The molecule has 0 aliphatic rings. The molecule has 2 rings (SSSR count). The average molecular weight is 388 g/mol. The lowest BCUT2D eigenvalue weighted by atomic mass is 10.2. The molecular weight excluding hydrogens is 368 g/mol. The number of nitro groups is 1. The summed E-state index contributed by atoms with van der Waals surface area (Å²) in [7, 11) is 1.48. The molecular formula is C19H20N2O7. The maximum absolute atomic E-state index is 12.2. The first-order valence-corrected chi connectivity index (χ1v) is 8.38. The second-order valence-corrected chi connectivity index (χ2v) is 5.70. The van der Waals surface area contributed by atoms with Gasteiger partial charge in [-0.25, -0.2) is 4.79 Å². The zero-order valence-corrected chi connectivity index (χ0v) is 15.7. The zero-order chi connectivity index (χ0) is 20.7. The van der Waals surface area contributed by atoms with Crippen molar-refractivity contribution >= 4 is 23.3 Å². The number of ether oxygens (including phenoxy) is 3. The summed E-state index contributed by atoms with van der Waals surface area (Å²) in [6, 6.07) is 8.87. The SMILES string of the molecule is CCOc1cc(C(=O)OCC(=O)Nc2ccc(C)cc2[N+](=O)[O-])ccc1OC. The number of aryl methyl sites for hydroxylation is 1. The Morgan fingerprint density at radius 3 is 2.54 bits per heavy atom. The van der Waals surface area contributed by atoms with Crippen LogP contribution in [0, 0.1) is 17.0 Å². The molecule has 0 atom stereocenters. The molecule has 0 spiro atoms. The van der Waals surface area contributed by atoms with Crippen molar-refractivity contribution in [3.63, 3.8) is 0 Å². The Balaban J connectivity index is 2.02. The molecule has 0 aliphatic heterocycles. The average Bonchev–Trinajstić information content (AvgIpc) is 2.67. The third kappa shape index (κ3) is 5.19. The molecule has 0 radical (unpaired) electrons. The fourth-order valence-electron chi connectivity index (χ4n) is 2.37. The van der Waals surface area contributed by atoms with Crippen LogP contribution in [0.1, 0.15) is 22.8 Å². The van der Waals surface area contributed by atoms with Crippen molar-refractivity contribution in [2.45, 2.75) is 13.8 Å². The lowest BCUT2D eigenvalue weighted by molar-refractivity contribution is -0.384. The third-order valence-corrected chi connectivity index (χ3v) is 3.66. The van der Waals surface area contributed by atoms with Crippen molar-refractivity contribution in [1.29, 1.82) is 0 Å². The van der Waals surface area contributed by atoms with Gasteiger partial charge >= 0.3 is 5.97 Å². The van der Waals surface area contributed by atoms with Crippen molar-refractivity contribution in [3.05, 3.63) is 57.6 Å². The van der Waals surface area contributed by atoms with Crippen LogP contribution in [0.15, 0.2) is 36.4 Å². The molecule has 0 heterocycles. The largest absolute Gasteiger partial charge is 0.493 e. The summed E-state index contributed by atoms with van der Waals surface area (Å²) in [5.41, 5.74) is 0.648. The number of esters is 1. The fraction of sp³-hybridized carbons (Fsp3) is 0.263. The topological polar surface area (TPSA) is 117 Å². The van der Waals surface area contributed by atoms with E-state index in [0.717, 1.165) is 0 Å². The summed E-state index contributed by atoms with van der Waals surface area (Å²) in [5.74, 6) is -0.599. The van der Waals surface area contributed by atoms with E-state index in [1.165, 1.54) is 31.4 Å². The Hall–Kier alpha value is -3.62. The Morgan fingerprint density at radius 2 is 1.89 bits per heavy atom. The number of nitrogens with one attached hydrogen (secondary N) is 1. The molecule has 0 unspecified atom stereocenters. The summed E-state index contributed by atoms with van der Waals surface area (Å²) in [6.45, 7) is 3.28. The van der Waals surface area contributed by atoms with Crippen molar-refractivity contribution in [1.82, 2.24) is 0 Å². The lowest BCUT2D eigenvalue weighted by Gasteiger charge is -2.11. The van der Waals surface area contributed by atoms with Crippen molar-refractivity contribution < 1.29 is 28.7 Å². The first-order valence-electron chi connectivity index (χ1n) is 8.38. The van der Waals surface area contributed by atoms with E-state index in [1.807, 2.05) is 0 Å². The van der Waals surface area contributed by atoms with E-state index in [2.05, 4.69) is 5.32 Å². The predicted molar refractivity (Wildman–Crippen MR) is 101 cm³/mol. The number of hydrogen-bond acceptors (Lipinski definition) is 7. The van der Waals surface area contributed by atoms with Crippen LogP contribution in [0.4, 0.5) is 11.4 Å². The number of anilines is 1. The minimum absolute atomic E-state index is 0.0275. The molecule has 0 saturated heterocycles. The molecule has 1 N–H and O–H groups in total. The second-order valence-electron chi connectivity index (χ2n) is 5.70. The van der Waals surface area contributed by atoms with E-state index in [9.17, 15) is 19.7 Å². The van der Waals surface area contributed by atoms with Crippen LogP contribution in [-0.2, 0) is 9.53 Å². The number of carbonyl (C=O) groups excluding carboxylic acids is 2. The van der Waals surface area contributed by atoms with Crippen LogP contribution >= 0.6 is 0 Å². The number of rotatable bonds is 8. The van der Waals surface area contributed by atoms with Crippen LogP contribution in [-0.4, -0.2) is 37.1 Å². The molecule has 0 bridgehead atoms. The van der Waals surface area contributed by atoms with E-state index in [1.54, 1.807) is 26.0 Å². The molecule has 0 fully saturated rings. The maximum Gasteiger partial charge on any atom is 0.338 e. The smallest absolute Gasteiger partial charge is 0.338 e. The number of hydrogen-bond donors (Lipinski definition) is 1. The van der Waals surface area contributed by atoms with Gasteiger partial charge in [0.15, 0.2) is 18.1 Å². The van der Waals surface area contributed by atoms with E-state index < -0.39 is 23.4 Å². The predicted octanol–water partition coefficient (Wildman–Crippen LogP) is 3.11. The van der Waals surface area contributed by atoms with Crippen LogP contribution in [0.2, 0.25) is 0 Å². The van der Waals surface area contributed by atoms with Gasteiger partial charge in [0.2, 0.25) is 0 Å². The van der Waals surface area contributed by atoms with Crippen LogP contribution < -0.4 is 14.8 Å². The standard InChI is InChI=1S/C19H20N2O7/c1-4-27-17-10-13(6-8-16(17)26-3)19(23)28-11-18(22)20-14-7-5-12(2)9-15(14)21(24)25/h5-10H,4,11H2,1-3H3,(H,20,22). The van der Waals surface area contributed by atoms with Gasteiger partial charge in [-0.1, -0.05) is 6.07 Å². The van der Waals surface area contributed by atoms with E-state index >= 15 is 0 Å².